The van der Waals surface area contributed by atoms with Crippen LogP contribution in [0, 0.1) is 0 Å². The maximum absolute atomic E-state index is 6.10. The summed E-state index contributed by atoms with van der Waals surface area (Å²) in [5.41, 5.74) is 1.85. The predicted octanol–water partition coefficient (Wildman–Crippen LogP) is 3.61. The highest BCUT2D eigenvalue weighted by atomic mass is 16.5. The summed E-state index contributed by atoms with van der Waals surface area (Å²) < 4.78 is 16.7. The Bertz CT molecular complexity index is 804. The number of nitrogens with zero attached hydrogens (tertiary/aromatic N) is 2. The molecule has 2 aromatic rings. The molecule has 1 saturated carbocycles. The molecular formula is C21H28N4O3. The predicted molar refractivity (Wildman–Crippen MR) is 110 cm³/mol. The number of pyridine rings is 1. The maximum atomic E-state index is 6.10. The highest BCUT2D eigenvalue weighted by Crippen LogP contribution is 2.29. The molecule has 0 amide bonds. The van der Waals surface area contributed by atoms with Crippen molar-refractivity contribution < 1.29 is 14.2 Å². The summed E-state index contributed by atoms with van der Waals surface area (Å²) in [7, 11) is 4.96. The summed E-state index contributed by atoms with van der Waals surface area (Å²) >= 11 is 0. The van der Waals surface area contributed by atoms with E-state index in [9.17, 15) is 0 Å². The van der Waals surface area contributed by atoms with Gasteiger partial charge in [0.2, 0.25) is 5.88 Å². The number of benzene rings is 1. The van der Waals surface area contributed by atoms with Crippen LogP contribution in [0.2, 0.25) is 0 Å². The van der Waals surface area contributed by atoms with Crippen LogP contribution in [0.4, 0.5) is 5.69 Å². The Kier molecular flexibility index (Phi) is 6.94. The molecule has 0 atom stereocenters. The molecule has 1 fully saturated rings. The zero-order valence-electron chi connectivity index (χ0n) is 16.7. The number of rotatable bonds is 7. The number of hydrogen-bond acceptors (Lipinski definition) is 5. The molecule has 2 N–H and O–H groups in total. The van der Waals surface area contributed by atoms with Crippen molar-refractivity contribution in [2.75, 3.05) is 26.6 Å². The Morgan fingerprint density at radius 1 is 1.14 bits per heavy atom. The van der Waals surface area contributed by atoms with Crippen molar-refractivity contribution in [2.45, 2.75) is 38.3 Å². The Morgan fingerprint density at radius 3 is 2.64 bits per heavy atom. The molecule has 28 heavy (non-hydrogen) atoms. The lowest BCUT2D eigenvalue weighted by molar-refractivity contribution is 0.199. The van der Waals surface area contributed by atoms with Gasteiger partial charge < -0.3 is 24.8 Å². The molecule has 7 heteroatoms. The van der Waals surface area contributed by atoms with Gasteiger partial charge >= 0.3 is 0 Å². The van der Waals surface area contributed by atoms with Crippen LogP contribution in [-0.4, -0.2) is 38.3 Å². The van der Waals surface area contributed by atoms with Crippen molar-refractivity contribution in [1.82, 2.24) is 10.3 Å². The summed E-state index contributed by atoms with van der Waals surface area (Å²) in [5.74, 6) is 2.67. The SMILES string of the molecule is CN=C(NCc1cccnc1OC1CCCC1)Nc1ccc(OC)c(OC)c1. The van der Waals surface area contributed by atoms with Gasteiger partial charge in [0.05, 0.1) is 14.2 Å². The largest absolute Gasteiger partial charge is 0.493 e. The lowest BCUT2D eigenvalue weighted by Crippen LogP contribution is -2.30. The van der Waals surface area contributed by atoms with Crippen molar-refractivity contribution in [3.05, 3.63) is 42.1 Å². The first-order valence-electron chi connectivity index (χ1n) is 9.53. The fourth-order valence-corrected chi connectivity index (χ4v) is 3.24. The van der Waals surface area contributed by atoms with Crippen molar-refractivity contribution in [3.8, 4) is 17.4 Å². The van der Waals surface area contributed by atoms with Gasteiger partial charge in [-0.3, -0.25) is 4.99 Å². The molecular weight excluding hydrogens is 356 g/mol. The normalized spacial score (nSPS) is 14.6. The number of nitrogens with one attached hydrogen (secondary N) is 2. The molecule has 0 unspecified atom stereocenters. The molecule has 0 aliphatic heterocycles. The van der Waals surface area contributed by atoms with Gasteiger partial charge in [0.25, 0.3) is 0 Å². The molecule has 1 aliphatic rings. The lowest BCUT2D eigenvalue weighted by Gasteiger charge is -2.17. The van der Waals surface area contributed by atoms with Crippen LogP contribution in [0.25, 0.3) is 0 Å². The Hall–Kier alpha value is -2.96. The molecule has 1 aromatic carbocycles. The number of hydrogen-bond donors (Lipinski definition) is 2. The Morgan fingerprint density at radius 2 is 1.93 bits per heavy atom. The number of aromatic nitrogens is 1. The molecule has 1 aliphatic carbocycles. The topological polar surface area (TPSA) is 77.0 Å². The molecule has 0 spiro atoms. The minimum Gasteiger partial charge on any atom is -0.493 e. The third-order valence-corrected chi connectivity index (χ3v) is 4.75. The molecule has 1 aromatic heterocycles. The number of anilines is 1. The smallest absolute Gasteiger partial charge is 0.218 e. The van der Waals surface area contributed by atoms with Gasteiger partial charge in [-0.15, -0.1) is 0 Å². The van der Waals surface area contributed by atoms with Crippen LogP contribution in [0.1, 0.15) is 31.2 Å². The maximum Gasteiger partial charge on any atom is 0.218 e. The van der Waals surface area contributed by atoms with Crippen molar-refractivity contribution >= 4 is 11.6 Å². The van der Waals surface area contributed by atoms with Gasteiger partial charge in [-0.2, -0.15) is 0 Å². The van der Waals surface area contributed by atoms with E-state index < -0.39 is 0 Å². The fourth-order valence-electron chi connectivity index (χ4n) is 3.24. The van der Waals surface area contributed by atoms with Gasteiger partial charge in [0.15, 0.2) is 17.5 Å². The van der Waals surface area contributed by atoms with E-state index in [0.717, 1.165) is 24.1 Å². The molecule has 7 nitrogen and oxygen atoms in total. The highest BCUT2D eigenvalue weighted by molar-refractivity contribution is 5.93. The summed E-state index contributed by atoms with van der Waals surface area (Å²) in [5, 5.41) is 6.57. The number of aliphatic imine (C=N–C) groups is 1. The van der Waals surface area contributed by atoms with Crippen LogP contribution in [0.15, 0.2) is 41.5 Å². The van der Waals surface area contributed by atoms with E-state index in [4.69, 9.17) is 14.2 Å². The Labute approximate surface area is 166 Å². The van der Waals surface area contributed by atoms with Crippen molar-refractivity contribution in [1.29, 1.82) is 0 Å². The molecule has 1 heterocycles. The first kappa shape index (κ1) is 19.8. The van der Waals surface area contributed by atoms with E-state index in [1.807, 2.05) is 30.3 Å². The molecule has 150 valence electrons. The lowest BCUT2D eigenvalue weighted by atomic mass is 10.2. The second kappa shape index (κ2) is 9.82. The summed E-state index contributed by atoms with van der Waals surface area (Å²) in [4.78, 5) is 8.71. The van der Waals surface area contributed by atoms with E-state index >= 15 is 0 Å². The van der Waals surface area contributed by atoms with Gasteiger partial charge in [-0.25, -0.2) is 4.98 Å². The van der Waals surface area contributed by atoms with Gasteiger partial charge in [-0.1, -0.05) is 6.07 Å². The standard InChI is InChI=1S/C21H28N4O3/c1-22-21(25-16-10-11-18(26-2)19(13-16)27-3)24-14-15-7-6-12-23-20(15)28-17-8-4-5-9-17/h6-7,10-13,17H,4-5,8-9,14H2,1-3H3,(H2,22,24,25). The third-order valence-electron chi connectivity index (χ3n) is 4.75. The second-order valence-electron chi connectivity index (χ2n) is 6.61. The summed E-state index contributed by atoms with van der Waals surface area (Å²) in [6, 6.07) is 9.57. The molecule has 3 rings (SSSR count). The monoisotopic (exact) mass is 384 g/mol. The van der Waals surface area contributed by atoms with Crippen LogP contribution in [0.5, 0.6) is 17.4 Å². The number of ether oxygens (including phenoxy) is 3. The van der Waals surface area contributed by atoms with E-state index in [0.29, 0.717) is 29.9 Å². The van der Waals surface area contributed by atoms with E-state index in [1.165, 1.54) is 12.8 Å². The average Bonchev–Trinajstić information content (AvgIpc) is 3.25. The molecule has 0 saturated heterocycles. The van der Waals surface area contributed by atoms with Crippen LogP contribution in [-0.2, 0) is 6.54 Å². The van der Waals surface area contributed by atoms with Crippen LogP contribution in [0.3, 0.4) is 0 Å². The summed E-state index contributed by atoms with van der Waals surface area (Å²) in [6.07, 6.45) is 6.71. The first-order valence-corrected chi connectivity index (χ1v) is 9.53. The molecule has 0 bridgehead atoms. The quantitative estimate of drug-likeness (QED) is 0.561. The first-order chi connectivity index (χ1) is 13.7. The van der Waals surface area contributed by atoms with Gasteiger partial charge in [-0.05, 0) is 43.9 Å². The van der Waals surface area contributed by atoms with Crippen LogP contribution < -0.4 is 24.8 Å². The summed E-state index contributed by atoms with van der Waals surface area (Å²) in [6.45, 7) is 0.558. The zero-order valence-corrected chi connectivity index (χ0v) is 16.7. The minimum absolute atomic E-state index is 0.276. The van der Waals surface area contributed by atoms with Crippen molar-refractivity contribution in [2.24, 2.45) is 4.99 Å². The van der Waals surface area contributed by atoms with Gasteiger partial charge in [0, 0.05) is 37.1 Å². The minimum atomic E-state index is 0.276. The van der Waals surface area contributed by atoms with E-state index in [2.05, 4.69) is 20.6 Å². The second-order valence-corrected chi connectivity index (χ2v) is 6.61. The third kappa shape index (κ3) is 5.06. The van der Waals surface area contributed by atoms with E-state index in [-0.39, 0.29) is 6.10 Å². The number of guanidine groups is 1. The average molecular weight is 384 g/mol. The fraction of sp³-hybridized carbons (Fsp3) is 0.429. The molecule has 0 radical (unpaired) electrons. The zero-order chi connectivity index (χ0) is 19.8. The van der Waals surface area contributed by atoms with Gasteiger partial charge in [0.1, 0.15) is 6.10 Å². The van der Waals surface area contributed by atoms with E-state index in [1.54, 1.807) is 27.5 Å². The Balaban J connectivity index is 1.63. The van der Waals surface area contributed by atoms with Crippen LogP contribution >= 0.6 is 0 Å². The number of methoxy groups -OCH3 is 2. The highest BCUT2D eigenvalue weighted by Gasteiger charge is 2.18. The van der Waals surface area contributed by atoms with Crippen molar-refractivity contribution in [3.63, 3.8) is 0 Å².